The van der Waals surface area contributed by atoms with Crippen LogP contribution in [0.1, 0.15) is 72.4 Å². The second-order valence-electron chi connectivity index (χ2n) is 7.86. The largest absolute Gasteiger partial charge is 0.497 e. The predicted octanol–water partition coefficient (Wildman–Crippen LogP) is 8.64. The van der Waals surface area contributed by atoms with E-state index in [4.69, 9.17) is 4.74 Å². The molecule has 1 aromatic heterocycles. The number of hydrogen-bond donors (Lipinski definition) is 0. The van der Waals surface area contributed by atoms with Gasteiger partial charge >= 0.3 is 0 Å². The fourth-order valence-corrected chi connectivity index (χ4v) is 4.49. The van der Waals surface area contributed by atoms with Crippen molar-refractivity contribution < 1.29 is 9.53 Å². The Labute approximate surface area is 223 Å². The number of nitrogens with zero attached hydrogens (tertiary/aromatic N) is 2. The molecular formula is C31H44N2O2S. The smallest absolute Gasteiger partial charge is 0.159 e. The molecule has 1 saturated heterocycles. The van der Waals surface area contributed by atoms with Crippen LogP contribution >= 0.6 is 11.3 Å². The van der Waals surface area contributed by atoms with E-state index in [1.807, 2.05) is 59.2 Å². The highest BCUT2D eigenvalue weighted by molar-refractivity contribution is 7.08. The van der Waals surface area contributed by atoms with Gasteiger partial charge in [-0.25, -0.2) is 0 Å². The number of Topliss-reactive ketones (excluding diaryl/α,β-unsaturated/α-hetero) is 1. The van der Waals surface area contributed by atoms with Crippen molar-refractivity contribution in [2.45, 2.75) is 72.9 Å². The molecule has 196 valence electrons. The van der Waals surface area contributed by atoms with Crippen LogP contribution in [0.25, 0.3) is 11.1 Å². The highest BCUT2D eigenvalue weighted by Crippen LogP contribution is 2.34. The Bertz CT molecular complexity index is 988. The third kappa shape index (κ3) is 8.94. The van der Waals surface area contributed by atoms with E-state index in [-0.39, 0.29) is 6.04 Å². The molecule has 0 aliphatic carbocycles. The molecule has 1 fully saturated rings. The summed E-state index contributed by atoms with van der Waals surface area (Å²) in [7, 11) is 1.66. The maximum absolute atomic E-state index is 12.3. The van der Waals surface area contributed by atoms with Crippen LogP contribution in [-0.4, -0.2) is 36.7 Å². The molecule has 2 aliphatic heterocycles. The average Bonchev–Trinajstić information content (AvgIpc) is 3.65. The molecule has 2 atom stereocenters. The summed E-state index contributed by atoms with van der Waals surface area (Å²) < 4.78 is 5.03. The molecule has 0 radical (unpaired) electrons. The monoisotopic (exact) mass is 508 g/mol. The van der Waals surface area contributed by atoms with Crippen LogP contribution in [0.5, 0.6) is 0 Å². The first-order chi connectivity index (χ1) is 17.6. The number of methoxy groups -OCH3 is 1. The Kier molecular flexibility index (Phi) is 15.1. The lowest BCUT2D eigenvalue weighted by atomic mass is 9.90. The molecule has 0 spiro atoms. The number of piperidine rings is 1. The molecule has 2 aromatic rings. The Balaban J connectivity index is 0.000000371. The third-order valence-electron chi connectivity index (χ3n) is 5.82. The van der Waals surface area contributed by atoms with Gasteiger partial charge in [-0.2, -0.15) is 11.3 Å². The molecule has 0 amide bonds. The van der Waals surface area contributed by atoms with Crippen molar-refractivity contribution in [3.63, 3.8) is 0 Å². The van der Waals surface area contributed by atoms with Crippen molar-refractivity contribution >= 4 is 23.5 Å². The van der Waals surface area contributed by atoms with Gasteiger partial charge in [0.15, 0.2) is 5.78 Å². The van der Waals surface area contributed by atoms with Crippen molar-refractivity contribution in [2.24, 2.45) is 4.99 Å². The fraction of sp³-hybridized carbons (Fsp3) is 0.419. The van der Waals surface area contributed by atoms with Gasteiger partial charge in [0.05, 0.1) is 26.0 Å². The minimum atomic E-state index is -0.147. The Hall–Kier alpha value is -2.92. The molecule has 5 heteroatoms. The van der Waals surface area contributed by atoms with E-state index < -0.39 is 0 Å². The van der Waals surface area contributed by atoms with Gasteiger partial charge in [0.1, 0.15) is 11.8 Å². The Morgan fingerprint density at radius 2 is 1.83 bits per heavy atom. The van der Waals surface area contributed by atoms with Crippen LogP contribution < -0.4 is 0 Å². The number of fused-ring (bicyclic) bond motifs is 1. The van der Waals surface area contributed by atoms with Crippen LogP contribution in [0.15, 0.2) is 82.2 Å². The molecule has 0 saturated carbocycles. The van der Waals surface area contributed by atoms with Gasteiger partial charge in [-0.05, 0) is 65.4 Å². The van der Waals surface area contributed by atoms with Crippen molar-refractivity contribution in [2.75, 3.05) is 13.7 Å². The van der Waals surface area contributed by atoms with Crippen LogP contribution in [0.3, 0.4) is 0 Å². The van der Waals surface area contributed by atoms with Crippen LogP contribution in [0.4, 0.5) is 0 Å². The minimum Gasteiger partial charge on any atom is -0.497 e. The molecule has 2 unspecified atom stereocenters. The Morgan fingerprint density at radius 3 is 2.39 bits per heavy atom. The SMILES string of the molecule is C=C(/C=C\C(=C/C)OC)CC.CC.CC.O=C1CCC2CN=CN2C1c1ccc(-c2ccsc2)cc1. The number of rotatable bonds is 6. The van der Waals surface area contributed by atoms with Gasteiger partial charge in [0.25, 0.3) is 0 Å². The molecule has 0 bridgehead atoms. The van der Waals surface area contributed by atoms with Crippen molar-refractivity contribution in [1.29, 1.82) is 0 Å². The number of thiophene rings is 1. The lowest BCUT2D eigenvalue weighted by Gasteiger charge is -2.36. The highest BCUT2D eigenvalue weighted by Gasteiger charge is 2.37. The van der Waals surface area contributed by atoms with E-state index in [9.17, 15) is 4.79 Å². The maximum atomic E-state index is 12.3. The van der Waals surface area contributed by atoms with Crippen LogP contribution in [0, 0.1) is 0 Å². The van der Waals surface area contributed by atoms with E-state index >= 15 is 0 Å². The molecule has 2 aliphatic rings. The molecule has 4 rings (SSSR count). The number of benzene rings is 1. The topological polar surface area (TPSA) is 41.9 Å². The van der Waals surface area contributed by atoms with Gasteiger partial charge in [-0.3, -0.25) is 9.79 Å². The van der Waals surface area contributed by atoms with Crippen LogP contribution in [0.2, 0.25) is 0 Å². The lowest BCUT2D eigenvalue weighted by molar-refractivity contribution is -0.126. The predicted molar refractivity (Wildman–Crippen MR) is 158 cm³/mol. The first-order valence-electron chi connectivity index (χ1n) is 13.1. The summed E-state index contributed by atoms with van der Waals surface area (Å²) in [5, 5.41) is 4.23. The van der Waals surface area contributed by atoms with Crippen molar-refractivity contribution in [3.05, 3.63) is 82.8 Å². The number of aliphatic imine (C=N–C) groups is 1. The summed E-state index contributed by atoms with van der Waals surface area (Å²) in [5.41, 5.74) is 4.63. The second kappa shape index (κ2) is 17.5. The molecule has 0 N–H and O–H groups in total. The van der Waals surface area contributed by atoms with Gasteiger partial charge < -0.3 is 9.64 Å². The highest BCUT2D eigenvalue weighted by atomic mass is 32.1. The van der Waals surface area contributed by atoms with Crippen molar-refractivity contribution in [1.82, 2.24) is 4.90 Å². The number of carbonyl (C=O) groups is 1. The van der Waals surface area contributed by atoms with E-state index in [1.165, 1.54) is 11.1 Å². The summed E-state index contributed by atoms with van der Waals surface area (Å²) >= 11 is 1.70. The van der Waals surface area contributed by atoms with E-state index in [0.717, 1.165) is 36.3 Å². The van der Waals surface area contributed by atoms with Gasteiger partial charge in [-0.1, -0.05) is 77.1 Å². The van der Waals surface area contributed by atoms with E-state index in [0.29, 0.717) is 18.2 Å². The number of allylic oxidation sites excluding steroid dienone is 4. The standard InChI is InChI=1S/C17H16N2OS.C10H16O.2C2H6/c20-16-6-5-15-9-18-11-19(15)17(16)13-3-1-12(2-4-13)14-7-8-21-10-14;1-5-9(3)7-8-10(6-2)11-4;2*1-2/h1-4,7-8,10-11,15,17H,5-6,9H2;6-8H,3,5H2,1-2,4H3;2*1-2H3/b;8-7-,10-6+;;. The maximum Gasteiger partial charge on any atom is 0.159 e. The van der Waals surface area contributed by atoms with E-state index in [1.54, 1.807) is 18.4 Å². The zero-order valence-corrected chi connectivity index (χ0v) is 24.0. The zero-order chi connectivity index (χ0) is 26.9. The molecule has 1 aromatic carbocycles. The molecule has 36 heavy (non-hydrogen) atoms. The number of hydrogen-bond acceptors (Lipinski definition) is 5. The average molecular weight is 509 g/mol. The number of ketones is 1. The number of ether oxygens (including phenoxy) is 1. The second-order valence-corrected chi connectivity index (χ2v) is 8.64. The summed E-state index contributed by atoms with van der Waals surface area (Å²) in [5.74, 6) is 1.18. The Morgan fingerprint density at radius 1 is 1.14 bits per heavy atom. The zero-order valence-electron chi connectivity index (χ0n) is 23.2. The molecule has 3 heterocycles. The van der Waals surface area contributed by atoms with Gasteiger partial charge in [0.2, 0.25) is 0 Å². The lowest BCUT2D eigenvalue weighted by Crippen LogP contribution is -2.43. The fourth-order valence-electron chi connectivity index (χ4n) is 3.83. The third-order valence-corrected chi connectivity index (χ3v) is 6.50. The summed E-state index contributed by atoms with van der Waals surface area (Å²) in [4.78, 5) is 18.8. The minimum absolute atomic E-state index is 0.147. The quantitative estimate of drug-likeness (QED) is 0.290. The molecular weight excluding hydrogens is 464 g/mol. The number of carbonyl (C=O) groups excluding carboxylic acids is 1. The van der Waals surface area contributed by atoms with Gasteiger partial charge in [-0.15, -0.1) is 0 Å². The summed E-state index contributed by atoms with van der Waals surface area (Å²) in [6, 6.07) is 10.8. The normalized spacial score (nSPS) is 18.2. The first-order valence-corrected chi connectivity index (χ1v) is 14.0. The van der Waals surface area contributed by atoms with Crippen molar-refractivity contribution in [3.8, 4) is 11.1 Å². The molecule has 4 nitrogen and oxygen atoms in total. The summed E-state index contributed by atoms with van der Waals surface area (Å²) in [6.45, 7) is 16.7. The first kappa shape index (κ1) is 31.1. The van der Waals surface area contributed by atoms with Gasteiger partial charge in [0, 0.05) is 6.42 Å². The van der Waals surface area contributed by atoms with E-state index in [2.05, 4.69) is 64.5 Å². The van der Waals surface area contributed by atoms with Crippen LogP contribution in [-0.2, 0) is 9.53 Å². The summed E-state index contributed by atoms with van der Waals surface area (Å²) in [6.07, 6.45) is 10.3.